The van der Waals surface area contributed by atoms with Gasteiger partial charge in [-0.25, -0.2) is 9.18 Å². The van der Waals surface area contributed by atoms with Gasteiger partial charge in [-0.2, -0.15) is 0 Å². The van der Waals surface area contributed by atoms with Crippen molar-refractivity contribution in [2.45, 2.75) is 13.3 Å². The highest BCUT2D eigenvalue weighted by atomic mass is 19.1. The Hall–Kier alpha value is -1.97. The minimum absolute atomic E-state index is 0.233. The summed E-state index contributed by atoms with van der Waals surface area (Å²) in [5.74, 6) is -0.961. The van der Waals surface area contributed by atoms with Crippen LogP contribution in [0.2, 0.25) is 0 Å². The molecule has 0 aromatic heterocycles. The van der Waals surface area contributed by atoms with E-state index in [2.05, 4.69) is 4.74 Å². The lowest BCUT2D eigenvalue weighted by atomic mass is 10.1. The van der Waals surface area contributed by atoms with Crippen LogP contribution in [0.15, 0.2) is 36.4 Å². The van der Waals surface area contributed by atoms with Crippen LogP contribution in [-0.2, 0) is 16.0 Å². The average Bonchev–Trinajstić information content (AvgIpc) is 2.31. The number of carbonyl (C=O) groups is 1. The first kappa shape index (κ1) is 13.1. The minimum atomic E-state index is -0.669. The number of esters is 1. The van der Waals surface area contributed by atoms with E-state index < -0.39 is 5.97 Å². The summed E-state index contributed by atoms with van der Waals surface area (Å²) in [4.78, 5) is 11.1. The Morgan fingerprint density at radius 3 is 2.82 bits per heavy atom. The smallest absolute Gasteiger partial charge is 0.356 e. The van der Waals surface area contributed by atoms with Crippen LogP contribution < -0.4 is 0 Å². The van der Waals surface area contributed by atoms with E-state index in [-0.39, 0.29) is 18.1 Å². The van der Waals surface area contributed by atoms with Crippen LogP contribution in [0.3, 0.4) is 0 Å². The molecule has 0 aliphatic carbocycles. The van der Waals surface area contributed by atoms with Gasteiger partial charge in [0.1, 0.15) is 11.5 Å². The van der Waals surface area contributed by atoms with Gasteiger partial charge in [-0.1, -0.05) is 24.3 Å². The molecule has 0 fully saturated rings. The molecule has 0 heterocycles. The van der Waals surface area contributed by atoms with Crippen molar-refractivity contribution in [3.05, 3.63) is 47.8 Å². The first-order valence-corrected chi connectivity index (χ1v) is 5.30. The Kier molecular flexibility index (Phi) is 5.07. The molecule has 0 unspecified atom stereocenters. The van der Waals surface area contributed by atoms with Gasteiger partial charge in [0, 0.05) is 0 Å². The van der Waals surface area contributed by atoms with E-state index in [1.807, 2.05) is 0 Å². The van der Waals surface area contributed by atoms with Gasteiger partial charge in [0.2, 0.25) is 0 Å². The van der Waals surface area contributed by atoms with Crippen molar-refractivity contribution in [2.75, 3.05) is 6.61 Å². The van der Waals surface area contributed by atoms with Crippen molar-refractivity contribution in [2.24, 2.45) is 0 Å². The summed E-state index contributed by atoms with van der Waals surface area (Å²) in [6.45, 7) is 1.91. The number of hydrogen-bond donors (Lipinski definition) is 1. The molecule has 0 bridgehead atoms. The monoisotopic (exact) mass is 235 g/mol. The van der Waals surface area contributed by atoms with Crippen molar-refractivity contribution in [3.63, 3.8) is 0 Å². The number of allylic oxidation sites excluding steroid dienone is 1. The van der Waals surface area contributed by atoms with Gasteiger partial charge in [0.05, 0.1) is 6.61 Å². The Bertz CT molecular complexity index is 441. The van der Waals surface area contributed by atoms with E-state index in [9.17, 15) is 9.18 Å². The zero-order valence-corrected chi connectivity index (χ0v) is 9.57. The first-order chi connectivity index (χ1) is 8.15. The maximum Gasteiger partial charge on any atom is 0.356 e. The van der Waals surface area contributed by atoms with Crippen molar-refractivity contribution in [3.8, 4) is 0 Å². The molecule has 1 rings (SSSR count). The molecule has 0 aliphatic heterocycles. The van der Waals surface area contributed by atoms with Crippen molar-refractivity contribution in [1.29, 1.82) is 5.41 Å². The SMILES string of the molecule is CCOC(=O)C(=N)/C=C/Cc1ccccc1F. The van der Waals surface area contributed by atoms with Crippen LogP contribution in [0.25, 0.3) is 0 Å². The number of nitrogens with one attached hydrogen (secondary N) is 1. The number of halogens is 1. The largest absolute Gasteiger partial charge is 0.461 e. The predicted octanol–water partition coefficient (Wildman–Crippen LogP) is 2.51. The zero-order valence-electron chi connectivity index (χ0n) is 9.57. The normalized spacial score (nSPS) is 10.5. The molecular weight excluding hydrogens is 221 g/mol. The fourth-order valence-electron chi connectivity index (χ4n) is 1.24. The highest BCUT2D eigenvalue weighted by Gasteiger charge is 2.05. The highest BCUT2D eigenvalue weighted by Crippen LogP contribution is 2.07. The molecule has 4 heteroatoms. The number of ether oxygens (including phenoxy) is 1. The van der Waals surface area contributed by atoms with Gasteiger partial charge >= 0.3 is 5.97 Å². The second-order valence-electron chi connectivity index (χ2n) is 3.33. The van der Waals surface area contributed by atoms with Gasteiger partial charge in [-0.05, 0) is 31.1 Å². The molecule has 1 aromatic rings. The third-order valence-electron chi connectivity index (χ3n) is 2.08. The second-order valence-corrected chi connectivity index (χ2v) is 3.33. The number of carbonyl (C=O) groups excluding carboxylic acids is 1. The van der Waals surface area contributed by atoms with Gasteiger partial charge in [-0.15, -0.1) is 0 Å². The van der Waals surface area contributed by atoms with Gasteiger partial charge < -0.3 is 4.74 Å². The average molecular weight is 235 g/mol. The second kappa shape index (κ2) is 6.58. The summed E-state index contributed by atoms with van der Waals surface area (Å²) in [6.07, 6.45) is 3.23. The van der Waals surface area contributed by atoms with Crippen molar-refractivity contribution < 1.29 is 13.9 Å². The third-order valence-corrected chi connectivity index (χ3v) is 2.08. The van der Waals surface area contributed by atoms with Gasteiger partial charge in [-0.3, -0.25) is 5.41 Å². The van der Waals surface area contributed by atoms with Crippen molar-refractivity contribution in [1.82, 2.24) is 0 Å². The fraction of sp³-hybridized carbons (Fsp3) is 0.231. The summed E-state index contributed by atoms with van der Waals surface area (Å²) in [6, 6.07) is 6.39. The summed E-state index contributed by atoms with van der Waals surface area (Å²) >= 11 is 0. The number of hydrogen-bond acceptors (Lipinski definition) is 3. The third kappa shape index (κ3) is 4.18. The quantitative estimate of drug-likeness (QED) is 0.629. The standard InChI is InChI=1S/C13H14FNO2/c1-2-17-13(16)12(15)9-5-7-10-6-3-4-8-11(10)14/h3-6,8-9,15H,2,7H2,1H3/b9-5+,15-12?. The molecule has 90 valence electrons. The lowest BCUT2D eigenvalue weighted by molar-refractivity contribution is -0.135. The van der Waals surface area contributed by atoms with Crippen LogP contribution in [0, 0.1) is 11.2 Å². The zero-order chi connectivity index (χ0) is 12.7. The number of benzene rings is 1. The van der Waals surface area contributed by atoms with E-state index in [0.29, 0.717) is 12.0 Å². The topological polar surface area (TPSA) is 50.2 Å². The molecule has 0 amide bonds. The molecule has 0 atom stereocenters. The lowest BCUT2D eigenvalue weighted by Crippen LogP contribution is -2.13. The number of rotatable bonds is 5. The van der Waals surface area contributed by atoms with Crippen LogP contribution in [0.4, 0.5) is 4.39 Å². The molecule has 1 N–H and O–H groups in total. The molecule has 0 aliphatic rings. The Balaban J connectivity index is 2.54. The molecule has 17 heavy (non-hydrogen) atoms. The molecule has 0 saturated heterocycles. The summed E-state index contributed by atoms with van der Waals surface area (Å²) < 4.78 is 17.9. The lowest BCUT2D eigenvalue weighted by Gasteiger charge is -1.99. The van der Waals surface area contributed by atoms with E-state index in [0.717, 1.165) is 0 Å². The maximum absolute atomic E-state index is 13.2. The molecule has 0 radical (unpaired) electrons. The van der Waals surface area contributed by atoms with E-state index in [1.165, 1.54) is 12.1 Å². The van der Waals surface area contributed by atoms with Crippen LogP contribution >= 0.6 is 0 Å². The van der Waals surface area contributed by atoms with E-state index in [4.69, 9.17) is 5.41 Å². The molecular formula is C13H14FNO2. The predicted molar refractivity (Wildman–Crippen MR) is 63.6 cm³/mol. The van der Waals surface area contributed by atoms with E-state index in [1.54, 1.807) is 31.2 Å². The van der Waals surface area contributed by atoms with Crippen molar-refractivity contribution >= 4 is 11.7 Å². The van der Waals surface area contributed by atoms with E-state index >= 15 is 0 Å². The van der Waals surface area contributed by atoms with Gasteiger partial charge in [0.15, 0.2) is 0 Å². The fourth-order valence-corrected chi connectivity index (χ4v) is 1.24. The molecule has 0 saturated carbocycles. The molecule has 1 aromatic carbocycles. The Morgan fingerprint density at radius 2 is 2.18 bits per heavy atom. The van der Waals surface area contributed by atoms with Crippen LogP contribution in [0.1, 0.15) is 12.5 Å². The Labute approximate surface area is 99.4 Å². The summed E-state index contributed by atoms with van der Waals surface area (Å²) in [5.41, 5.74) is 0.295. The Morgan fingerprint density at radius 1 is 1.47 bits per heavy atom. The van der Waals surface area contributed by atoms with Gasteiger partial charge in [0.25, 0.3) is 0 Å². The molecule has 0 spiro atoms. The summed E-state index contributed by atoms with van der Waals surface area (Å²) in [7, 11) is 0. The first-order valence-electron chi connectivity index (χ1n) is 5.30. The summed E-state index contributed by atoms with van der Waals surface area (Å²) in [5, 5.41) is 7.36. The van der Waals surface area contributed by atoms with Crippen LogP contribution in [-0.4, -0.2) is 18.3 Å². The molecule has 3 nitrogen and oxygen atoms in total. The maximum atomic E-state index is 13.2. The highest BCUT2D eigenvalue weighted by molar-refractivity contribution is 6.39. The van der Waals surface area contributed by atoms with Crippen LogP contribution in [0.5, 0.6) is 0 Å². The minimum Gasteiger partial charge on any atom is -0.461 e.